The SMILES string of the molecule is O=C1CCC(=O)N1C1CCC(Nc2ccccn2)CC1. The summed E-state index contributed by atoms with van der Waals surface area (Å²) in [6, 6.07) is 6.31. The molecule has 0 radical (unpaired) electrons. The predicted molar refractivity (Wildman–Crippen MR) is 75.0 cm³/mol. The van der Waals surface area contributed by atoms with Crippen molar-refractivity contribution in [3.8, 4) is 0 Å². The summed E-state index contributed by atoms with van der Waals surface area (Å²) in [7, 11) is 0. The minimum Gasteiger partial charge on any atom is -0.367 e. The zero-order chi connectivity index (χ0) is 13.9. The van der Waals surface area contributed by atoms with Crippen molar-refractivity contribution in [1.29, 1.82) is 0 Å². The zero-order valence-electron chi connectivity index (χ0n) is 11.4. The third-order valence-electron chi connectivity index (χ3n) is 4.17. The molecule has 1 saturated carbocycles. The van der Waals surface area contributed by atoms with Crippen LogP contribution in [0.4, 0.5) is 5.82 Å². The lowest BCUT2D eigenvalue weighted by Gasteiger charge is -2.33. The molecule has 1 aliphatic heterocycles. The van der Waals surface area contributed by atoms with Crippen LogP contribution in [0.1, 0.15) is 38.5 Å². The Labute approximate surface area is 118 Å². The largest absolute Gasteiger partial charge is 0.367 e. The summed E-state index contributed by atoms with van der Waals surface area (Å²) in [5, 5.41) is 3.41. The minimum atomic E-state index is 0.0103. The molecule has 0 bridgehead atoms. The van der Waals surface area contributed by atoms with Crippen LogP contribution in [0.3, 0.4) is 0 Å². The fourth-order valence-electron chi connectivity index (χ4n) is 3.14. The van der Waals surface area contributed by atoms with Gasteiger partial charge >= 0.3 is 0 Å². The molecule has 1 N–H and O–H groups in total. The van der Waals surface area contributed by atoms with Gasteiger partial charge in [0.25, 0.3) is 0 Å². The maximum Gasteiger partial charge on any atom is 0.229 e. The van der Waals surface area contributed by atoms with E-state index >= 15 is 0 Å². The molecule has 1 aliphatic carbocycles. The summed E-state index contributed by atoms with van der Waals surface area (Å²) in [4.78, 5) is 29.2. The number of likely N-dealkylation sites (tertiary alicyclic amines) is 1. The number of hydrogen-bond acceptors (Lipinski definition) is 4. The summed E-state index contributed by atoms with van der Waals surface area (Å²) >= 11 is 0. The van der Waals surface area contributed by atoms with Gasteiger partial charge in [-0.3, -0.25) is 14.5 Å². The first kappa shape index (κ1) is 13.1. The van der Waals surface area contributed by atoms with Crippen molar-refractivity contribution >= 4 is 17.6 Å². The van der Waals surface area contributed by atoms with E-state index in [1.165, 1.54) is 4.90 Å². The normalized spacial score (nSPS) is 26.9. The lowest BCUT2D eigenvalue weighted by molar-refractivity contribution is -0.141. The fraction of sp³-hybridized carbons (Fsp3) is 0.533. The molecule has 0 spiro atoms. The Morgan fingerprint density at radius 2 is 1.75 bits per heavy atom. The number of hydrogen-bond donors (Lipinski definition) is 1. The Morgan fingerprint density at radius 3 is 2.35 bits per heavy atom. The van der Waals surface area contributed by atoms with Crippen molar-refractivity contribution in [1.82, 2.24) is 9.88 Å². The van der Waals surface area contributed by atoms with E-state index in [4.69, 9.17) is 0 Å². The van der Waals surface area contributed by atoms with Gasteiger partial charge in [-0.05, 0) is 37.8 Å². The molecule has 1 aromatic rings. The third-order valence-corrected chi connectivity index (χ3v) is 4.17. The van der Waals surface area contributed by atoms with Gasteiger partial charge in [-0.15, -0.1) is 0 Å². The quantitative estimate of drug-likeness (QED) is 0.855. The van der Waals surface area contributed by atoms with Crippen molar-refractivity contribution in [3.63, 3.8) is 0 Å². The number of nitrogens with one attached hydrogen (secondary N) is 1. The molecule has 1 aromatic heterocycles. The Kier molecular flexibility index (Phi) is 3.67. The number of carbonyl (C=O) groups excluding carboxylic acids is 2. The van der Waals surface area contributed by atoms with E-state index in [0.717, 1.165) is 31.5 Å². The summed E-state index contributed by atoms with van der Waals surface area (Å²) < 4.78 is 0. The minimum absolute atomic E-state index is 0.0103. The van der Waals surface area contributed by atoms with Crippen LogP contribution in [0.25, 0.3) is 0 Å². The molecule has 0 aromatic carbocycles. The summed E-state index contributed by atoms with van der Waals surface area (Å²) in [5.74, 6) is 0.913. The smallest absolute Gasteiger partial charge is 0.229 e. The van der Waals surface area contributed by atoms with Crippen LogP contribution in [0.15, 0.2) is 24.4 Å². The molecule has 5 heteroatoms. The van der Waals surface area contributed by atoms with Gasteiger partial charge in [0.2, 0.25) is 11.8 Å². The first-order valence-corrected chi connectivity index (χ1v) is 7.26. The van der Waals surface area contributed by atoms with E-state index in [1.807, 2.05) is 18.2 Å². The van der Waals surface area contributed by atoms with Crippen LogP contribution < -0.4 is 5.32 Å². The monoisotopic (exact) mass is 273 g/mol. The van der Waals surface area contributed by atoms with Crippen LogP contribution >= 0.6 is 0 Å². The molecule has 0 atom stereocenters. The predicted octanol–water partition coefficient (Wildman–Crippen LogP) is 1.95. The third kappa shape index (κ3) is 2.66. The maximum absolute atomic E-state index is 11.7. The lowest BCUT2D eigenvalue weighted by Crippen LogP contribution is -2.43. The van der Waals surface area contributed by atoms with Gasteiger partial charge < -0.3 is 5.32 Å². The number of imide groups is 1. The van der Waals surface area contributed by atoms with Crippen LogP contribution in [-0.4, -0.2) is 33.8 Å². The molecule has 20 heavy (non-hydrogen) atoms. The maximum atomic E-state index is 11.7. The molecular weight excluding hydrogens is 254 g/mol. The number of anilines is 1. The number of rotatable bonds is 3. The highest BCUT2D eigenvalue weighted by molar-refractivity contribution is 6.02. The highest BCUT2D eigenvalue weighted by Crippen LogP contribution is 2.28. The average Bonchev–Trinajstić information content (AvgIpc) is 2.81. The Bertz CT molecular complexity index is 479. The number of pyridine rings is 1. The van der Waals surface area contributed by atoms with Gasteiger partial charge in [0.05, 0.1) is 0 Å². The standard InChI is InChI=1S/C15H19N3O2/c19-14-8-9-15(20)18(14)12-6-4-11(5-7-12)17-13-3-1-2-10-16-13/h1-3,10-12H,4-9H2,(H,16,17). The van der Waals surface area contributed by atoms with Gasteiger partial charge in [-0.25, -0.2) is 4.98 Å². The summed E-state index contributed by atoms with van der Waals surface area (Å²) in [6.07, 6.45) is 6.28. The molecule has 1 saturated heterocycles. The number of aromatic nitrogens is 1. The van der Waals surface area contributed by atoms with Crippen LogP contribution in [-0.2, 0) is 9.59 Å². The van der Waals surface area contributed by atoms with Gasteiger partial charge in [0.15, 0.2) is 0 Å². The number of carbonyl (C=O) groups is 2. The highest BCUT2D eigenvalue weighted by Gasteiger charge is 2.36. The fourth-order valence-corrected chi connectivity index (χ4v) is 3.14. The van der Waals surface area contributed by atoms with Gasteiger partial charge in [-0.2, -0.15) is 0 Å². The van der Waals surface area contributed by atoms with E-state index in [-0.39, 0.29) is 17.9 Å². The first-order valence-electron chi connectivity index (χ1n) is 7.26. The Hall–Kier alpha value is -1.91. The average molecular weight is 273 g/mol. The molecule has 2 heterocycles. The van der Waals surface area contributed by atoms with Crippen molar-refractivity contribution in [2.75, 3.05) is 5.32 Å². The van der Waals surface area contributed by atoms with Gasteiger partial charge in [0.1, 0.15) is 5.82 Å². The second-order valence-electron chi connectivity index (χ2n) is 5.52. The van der Waals surface area contributed by atoms with Crippen molar-refractivity contribution in [3.05, 3.63) is 24.4 Å². The number of amides is 2. The molecule has 5 nitrogen and oxygen atoms in total. The first-order chi connectivity index (χ1) is 9.74. The molecule has 2 aliphatic rings. The van der Waals surface area contributed by atoms with E-state index < -0.39 is 0 Å². The van der Waals surface area contributed by atoms with Crippen LogP contribution in [0, 0.1) is 0 Å². The highest BCUT2D eigenvalue weighted by atomic mass is 16.2. The summed E-state index contributed by atoms with van der Waals surface area (Å²) in [6.45, 7) is 0. The van der Waals surface area contributed by atoms with Crippen molar-refractivity contribution < 1.29 is 9.59 Å². The topological polar surface area (TPSA) is 62.3 Å². The molecular formula is C15H19N3O2. The molecule has 3 rings (SSSR count). The van der Waals surface area contributed by atoms with Crippen molar-refractivity contribution in [2.45, 2.75) is 50.6 Å². The molecule has 0 unspecified atom stereocenters. The van der Waals surface area contributed by atoms with Gasteiger partial charge in [0, 0.05) is 31.1 Å². The zero-order valence-corrected chi connectivity index (χ0v) is 11.4. The lowest BCUT2D eigenvalue weighted by atomic mass is 9.90. The summed E-state index contributed by atoms with van der Waals surface area (Å²) in [5.41, 5.74) is 0. The van der Waals surface area contributed by atoms with E-state index in [9.17, 15) is 9.59 Å². The molecule has 2 amide bonds. The Balaban J connectivity index is 1.55. The second-order valence-corrected chi connectivity index (χ2v) is 5.52. The van der Waals surface area contributed by atoms with Crippen molar-refractivity contribution in [2.24, 2.45) is 0 Å². The van der Waals surface area contributed by atoms with E-state index in [0.29, 0.717) is 18.9 Å². The Morgan fingerprint density at radius 1 is 1.05 bits per heavy atom. The number of nitrogens with zero attached hydrogens (tertiary/aromatic N) is 2. The van der Waals surface area contributed by atoms with Gasteiger partial charge in [-0.1, -0.05) is 6.07 Å². The van der Waals surface area contributed by atoms with E-state index in [1.54, 1.807) is 6.20 Å². The second kappa shape index (κ2) is 5.61. The van der Waals surface area contributed by atoms with E-state index in [2.05, 4.69) is 10.3 Å². The van der Waals surface area contributed by atoms with Crippen LogP contribution in [0.5, 0.6) is 0 Å². The van der Waals surface area contributed by atoms with Crippen LogP contribution in [0.2, 0.25) is 0 Å². The molecule has 106 valence electrons. The molecule has 2 fully saturated rings.